The topological polar surface area (TPSA) is 21.7 Å². The van der Waals surface area contributed by atoms with E-state index in [0.29, 0.717) is 6.61 Å². The molecule has 0 spiro atoms. The average Bonchev–Trinajstić information content (AvgIpc) is 2.53. The predicted octanol–water partition coefficient (Wildman–Crippen LogP) is 3.77. The van der Waals surface area contributed by atoms with Gasteiger partial charge in [0.1, 0.15) is 5.75 Å². The van der Waals surface area contributed by atoms with Crippen molar-refractivity contribution in [3.8, 4) is 5.75 Å². The largest absolute Gasteiger partial charge is 0.496 e. The lowest BCUT2D eigenvalue weighted by Crippen LogP contribution is -2.29. The lowest BCUT2D eigenvalue weighted by atomic mass is 10.1. The number of methoxy groups -OCH3 is 1. The van der Waals surface area contributed by atoms with Gasteiger partial charge < -0.3 is 4.74 Å². The van der Waals surface area contributed by atoms with E-state index in [-0.39, 0.29) is 0 Å². The molecule has 1 heterocycles. The third kappa shape index (κ3) is 2.94. The zero-order valence-electron chi connectivity index (χ0n) is 12.0. The summed E-state index contributed by atoms with van der Waals surface area (Å²) in [5.74, 6) is 0.917. The van der Waals surface area contributed by atoms with Gasteiger partial charge in [0, 0.05) is 18.5 Å². The standard InChI is InChI=1S/C17H21NO2/c1-19-17-12-14(11-15-7-3-4-8-16(15)17)13-20-18-9-5-2-6-10-18/h3-4,7-8,11-12H,2,5-6,9-10,13H2,1H3. The molecular formula is C17H21NO2. The lowest BCUT2D eigenvalue weighted by Gasteiger charge is -2.25. The van der Waals surface area contributed by atoms with E-state index in [2.05, 4.69) is 35.4 Å². The van der Waals surface area contributed by atoms with Crippen LogP contribution in [0.3, 0.4) is 0 Å². The van der Waals surface area contributed by atoms with E-state index in [1.54, 1.807) is 7.11 Å². The van der Waals surface area contributed by atoms with Gasteiger partial charge in [0.2, 0.25) is 0 Å². The average molecular weight is 271 g/mol. The van der Waals surface area contributed by atoms with Crippen LogP contribution >= 0.6 is 0 Å². The van der Waals surface area contributed by atoms with Crippen molar-refractivity contribution >= 4 is 10.8 Å². The first-order valence-corrected chi connectivity index (χ1v) is 7.30. The maximum absolute atomic E-state index is 5.90. The molecule has 0 atom stereocenters. The Morgan fingerprint density at radius 3 is 2.65 bits per heavy atom. The quantitative estimate of drug-likeness (QED) is 0.845. The zero-order chi connectivity index (χ0) is 13.8. The van der Waals surface area contributed by atoms with Crippen molar-refractivity contribution in [3.05, 3.63) is 42.0 Å². The number of nitrogens with zero attached hydrogens (tertiary/aromatic N) is 1. The number of benzene rings is 2. The van der Waals surface area contributed by atoms with Crippen LogP contribution in [0.5, 0.6) is 5.75 Å². The van der Waals surface area contributed by atoms with Crippen LogP contribution in [0.4, 0.5) is 0 Å². The van der Waals surface area contributed by atoms with E-state index in [1.807, 2.05) is 6.07 Å². The van der Waals surface area contributed by atoms with Crippen molar-refractivity contribution in [2.45, 2.75) is 25.9 Å². The zero-order valence-corrected chi connectivity index (χ0v) is 12.0. The van der Waals surface area contributed by atoms with E-state index >= 15 is 0 Å². The summed E-state index contributed by atoms with van der Waals surface area (Å²) >= 11 is 0. The van der Waals surface area contributed by atoms with Gasteiger partial charge in [-0.2, -0.15) is 5.06 Å². The molecule has 3 nitrogen and oxygen atoms in total. The van der Waals surface area contributed by atoms with Crippen LogP contribution < -0.4 is 4.74 Å². The minimum atomic E-state index is 0.612. The second-order valence-corrected chi connectivity index (χ2v) is 5.28. The molecule has 0 aromatic heterocycles. The summed E-state index contributed by atoms with van der Waals surface area (Å²) < 4.78 is 5.49. The number of ether oxygens (including phenoxy) is 1. The molecule has 1 saturated heterocycles. The van der Waals surface area contributed by atoms with Gasteiger partial charge in [-0.25, -0.2) is 0 Å². The molecule has 3 heteroatoms. The number of hydroxylamine groups is 2. The molecular weight excluding hydrogens is 250 g/mol. The Balaban J connectivity index is 1.77. The highest BCUT2D eigenvalue weighted by molar-refractivity contribution is 5.89. The molecule has 1 aliphatic heterocycles. The van der Waals surface area contributed by atoms with Crippen molar-refractivity contribution in [1.82, 2.24) is 5.06 Å². The Morgan fingerprint density at radius 1 is 1.05 bits per heavy atom. The third-order valence-electron chi connectivity index (χ3n) is 3.83. The fraction of sp³-hybridized carbons (Fsp3) is 0.412. The number of piperidine rings is 1. The van der Waals surface area contributed by atoms with Crippen LogP contribution in [0.25, 0.3) is 10.8 Å². The Kier molecular flexibility index (Phi) is 4.19. The summed E-state index contributed by atoms with van der Waals surface area (Å²) in [4.78, 5) is 5.90. The molecule has 0 radical (unpaired) electrons. The molecule has 0 N–H and O–H groups in total. The molecule has 1 fully saturated rings. The van der Waals surface area contributed by atoms with E-state index in [4.69, 9.17) is 9.57 Å². The maximum atomic E-state index is 5.90. The van der Waals surface area contributed by atoms with Crippen LogP contribution in [0.15, 0.2) is 36.4 Å². The third-order valence-corrected chi connectivity index (χ3v) is 3.83. The first-order valence-electron chi connectivity index (χ1n) is 7.30. The SMILES string of the molecule is COc1cc(CON2CCCCC2)cc2ccccc12. The van der Waals surface area contributed by atoms with E-state index < -0.39 is 0 Å². The molecule has 106 valence electrons. The molecule has 0 amide bonds. The van der Waals surface area contributed by atoms with Crippen LogP contribution in [-0.2, 0) is 11.4 Å². The molecule has 1 aliphatic rings. The molecule has 2 aromatic carbocycles. The van der Waals surface area contributed by atoms with E-state index in [1.165, 1.54) is 24.6 Å². The lowest BCUT2D eigenvalue weighted by molar-refractivity contribution is -0.178. The summed E-state index contributed by atoms with van der Waals surface area (Å²) in [7, 11) is 1.72. The Morgan fingerprint density at radius 2 is 1.85 bits per heavy atom. The first-order chi connectivity index (χ1) is 9.86. The van der Waals surface area contributed by atoms with Gasteiger partial charge in [-0.15, -0.1) is 0 Å². The normalized spacial score (nSPS) is 16.4. The highest BCUT2D eigenvalue weighted by Crippen LogP contribution is 2.27. The highest BCUT2D eigenvalue weighted by atomic mass is 16.7. The molecule has 2 aromatic rings. The van der Waals surface area contributed by atoms with Crippen LogP contribution in [-0.4, -0.2) is 25.3 Å². The van der Waals surface area contributed by atoms with Gasteiger partial charge >= 0.3 is 0 Å². The fourth-order valence-electron chi connectivity index (χ4n) is 2.75. The minimum absolute atomic E-state index is 0.612. The van der Waals surface area contributed by atoms with Crippen LogP contribution in [0.2, 0.25) is 0 Å². The molecule has 0 saturated carbocycles. The molecule has 3 rings (SSSR count). The number of rotatable bonds is 4. The van der Waals surface area contributed by atoms with Gasteiger partial charge in [-0.1, -0.05) is 30.7 Å². The summed E-state index contributed by atoms with van der Waals surface area (Å²) in [5, 5.41) is 4.44. The van der Waals surface area contributed by atoms with Crippen LogP contribution in [0, 0.1) is 0 Å². The highest BCUT2D eigenvalue weighted by Gasteiger charge is 2.11. The van der Waals surface area contributed by atoms with Gasteiger partial charge in [0.25, 0.3) is 0 Å². The van der Waals surface area contributed by atoms with E-state index in [9.17, 15) is 0 Å². The fourth-order valence-corrected chi connectivity index (χ4v) is 2.75. The summed E-state index contributed by atoms with van der Waals surface area (Å²) in [6, 6.07) is 12.5. The Hall–Kier alpha value is -1.58. The van der Waals surface area contributed by atoms with Gasteiger partial charge in [-0.05, 0) is 35.9 Å². The van der Waals surface area contributed by atoms with Crippen LogP contribution in [0.1, 0.15) is 24.8 Å². The van der Waals surface area contributed by atoms with Crippen molar-refractivity contribution in [2.24, 2.45) is 0 Å². The number of hydrogen-bond acceptors (Lipinski definition) is 3. The maximum Gasteiger partial charge on any atom is 0.127 e. The van der Waals surface area contributed by atoms with Gasteiger partial charge in [0.15, 0.2) is 0 Å². The first kappa shape index (κ1) is 13.4. The second-order valence-electron chi connectivity index (χ2n) is 5.28. The summed E-state index contributed by atoms with van der Waals surface area (Å²) in [6.45, 7) is 2.70. The van der Waals surface area contributed by atoms with E-state index in [0.717, 1.165) is 29.8 Å². The predicted molar refractivity (Wildman–Crippen MR) is 80.7 cm³/mol. The van der Waals surface area contributed by atoms with Crippen molar-refractivity contribution in [3.63, 3.8) is 0 Å². The Bertz CT molecular complexity index is 576. The number of fused-ring (bicyclic) bond motifs is 1. The second kappa shape index (κ2) is 6.25. The number of hydrogen-bond donors (Lipinski definition) is 0. The van der Waals surface area contributed by atoms with Gasteiger partial charge in [0.05, 0.1) is 13.7 Å². The summed E-state index contributed by atoms with van der Waals surface area (Å²) in [6.07, 6.45) is 3.80. The van der Waals surface area contributed by atoms with Crippen molar-refractivity contribution in [2.75, 3.05) is 20.2 Å². The van der Waals surface area contributed by atoms with Crippen molar-refractivity contribution in [1.29, 1.82) is 0 Å². The monoisotopic (exact) mass is 271 g/mol. The van der Waals surface area contributed by atoms with Crippen molar-refractivity contribution < 1.29 is 9.57 Å². The molecule has 20 heavy (non-hydrogen) atoms. The molecule has 0 aliphatic carbocycles. The molecule has 0 bridgehead atoms. The minimum Gasteiger partial charge on any atom is -0.496 e. The molecule has 0 unspecified atom stereocenters. The summed E-state index contributed by atoms with van der Waals surface area (Å²) in [5.41, 5.74) is 1.16. The smallest absolute Gasteiger partial charge is 0.127 e. The Labute approximate surface area is 120 Å². The van der Waals surface area contributed by atoms with Gasteiger partial charge in [-0.3, -0.25) is 4.84 Å².